The van der Waals surface area contributed by atoms with E-state index in [9.17, 15) is 9.59 Å². The van der Waals surface area contributed by atoms with Gasteiger partial charge in [0, 0.05) is 6.04 Å². The van der Waals surface area contributed by atoms with Crippen LogP contribution in [-0.2, 0) is 9.59 Å². The van der Waals surface area contributed by atoms with E-state index in [1.807, 2.05) is 0 Å². The summed E-state index contributed by atoms with van der Waals surface area (Å²) in [5.41, 5.74) is 5.90. The molecule has 0 aromatic carbocycles. The van der Waals surface area contributed by atoms with Gasteiger partial charge in [-0.15, -0.1) is 0 Å². The number of nitrogens with two attached hydrogens (primary N) is 1. The summed E-state index contributed by atoms with van der Waals surface area (Å²) in [6.07, 6.45) is 2.54. The lowest BCUT2D eigenvalue weighted by molar-refractivity contribution is -0.144. The molecule has 16 heavy (non-hydrogen) atoms. The van der Waals surface area contributed by atoms with Gasteiger partial charge < -0.3 is 15.9 Å². The monoisotopic (exact) mass is 225 g/mol. The predicted molar refractivity (Wildman–Crippen MR) is 53.5 cm³/mol. The molecule has 5 heteroatoms. The average Bonchev–Trinajstić information content (AvgIpc) is 3.05. The van der Waals surface area contributed by atoms with Crippen LogP contribution in [0.5, 0.6) is 0 Å². The molecular weight excluding hydrogens is 210 g/mol. The predicted octanol–water partition coefficient (Wildman–Crippen LogP) is 0.145. The van der Waals surface area contributed by atoms with Crippen molar-refractivity contribution in [2.45, 2.75) is 25.3 Å². The Balaban J connectivity index is 1.89. The first-order valence-corrected chi connectivity index (χ1v) is 5.69. The molecule has 0 bridgehead atoms. The minimum atomic E-state index is -0.867. The van der Waals surface area contributed by atoms with Crippen molar-refractivity contribution in [3.63, 3.8) is 0 Å². The van der Waals surface area contributed by atoms with Crippen LogP contribution in [0.15, 0.2) is 0 Å². The highest BCUT2D eigenvalue weighted by molar-refractivity contribution is 5.77. The van der Waals surface area contributed by atoms with Crippen LogP contribution in [-0.4, -0.2) is 28.2 Å². The Bertz CT molecular complexity index is 376. The number of hydrogen-bond acceptors (Lipinski definition) is 3. The van der Waals surface area contributed by atoms with Gasteiger partial charge in [0.1, 0.15) is 0 Å². The third kappa shape index (κ3) is 1.09. The zero-order chi connectivity index (χ0) is 11.7. The van der Waals surface area contributed by atoms with Gasteiger partial charge in [0.05, 0.1) is 11.8 Å². The molecule has 5 atom stereocenters. The second-order valence-electron chi connectivity index (χ2n) is 5.56. The maximum Gasteiger partial charge on any atom is 0.308 e. The molecule has 3 aliphatic carbocycles. The largest absolute Gasteiger partial charge is 0.481 e. The molecule has 3 rings (SSSR count). The molecule has 3 fully saturated rings. The van der Waals surface area contributed by atoms with Gasteiger partial charge in [0.15, 0.2) is 0 Å². The van der Waals surface area contributed by atoms with E-state index in [-0.39, 0.29) is 23.2 Å². The molecule has 4 N–H and O–H groups in total. The number of aliphatic carboxylic acids is 2. The molecule has 5 nitrogen and oxygen atoms in total. The summed E-state index contributed by atoms with van der Waals surface area (Å²) in [6.45, 7) is 0. The van der Waals surface area contributed by atoms with Crippen LogP contribution in [0.1, 0.15) is 19.3 Å². The molecule has 3 saturated carbocycles. The number of hydrogen-bond donors (Lipinski definition) is 3. The Morgan fingerprint density at radius 2 is 1.81 bits per heavy atom. The Morgan fingerprint density at radius 1 is 1.19 bits per heavy atom. The molecule has 0 heterocycles. The second kappa shape index (κ2) is 2.77. The smallest absolute Gasteiger partial charge is 0.308 e. The number of carboxylic acids is 2. The minimum Gasteiger partial charge on any atom is -0.481 e. The van der Waals surface area contributed by atoms with Gasteiger partial charge in [-0.3, -0.25) is 9.59 Å². The van der Waals surface area contributed by atoms with Gasteiger partial charge >= 0.3 is 11.9 Å². The van der Waals surface area contributed by atoms with Crippen LogP contribution in [0.25, 0.3) is 0 Å². The van der Waals surface area contributed by atoms with Gasteiger partial charge in [0.2, 0.25) is 0 Å². The third-order valence-electron chi connectivity index (χ3n) is 4.81. The highest BCUT2D eigenvalue weighted by Gasteiger charge is 2.74. The molecule has 1 spiro atoms. The number of rotatable bonds is 2. The first kappa shape index (κ1) is 10.1. The Hall–Kier alpha value is -1.10. The van der Waals surface area contributed by atoms with Crippen LogP contribution in [0, 0.1) is 29.1 Å². The number of carboxylic acid groups (broad SMARTS) is 2. The van der Waals surface area contributed by atoms with Gasteiger partial charge in [-0.1, -0.05) is 0 Å². The fraction of sp³-hybridized carbons (Fsp3) is 0.818. The normalized spacial score (nSPS) is 47.2. The Labute approximate surface area is 92.6 Å². The summed E-state index contributed by atoms with van der Waals surface area (Å²) in [7, 11) is 0. The van der Waals surface area contributed by atoms with Gasteiger partial charge in [-0.05, 0) is 36.5 Å². The van der Waals surface area contributed by atoms with Crippen LogP contribution in [0.2, 0.25) is 0 Å². The van der Waals surface area contributed by atoms with Crippen molar-refractivity contribution in [2.24, 2.45) is 34.8 Å². The van der Waals surface area contributed by atoms with Crippen molar-refractivity contribution in [3.8, 4) is 0 Å². The van der Waals surface area contributed by atoms with Crippen LogP contribution < -0.4 is 5.73 Å². The SMILES string of the molecule is N[C@@H]1[C@@H]2[C@@H](C(=O)O)[C@@H]2C2(CC2)C[C@@H]1C(=O)O. The summed E-state index contributed by atoms with van der Waals surface area (Å²) in [6, 6.07) is -0.477. The quantitative estimate of drug-likeness (QED) is 0.620. The molecule has 3 aliphatic rings. The summed E-state index contributed by atoms with van der Waals surface area (Å²) in [5, 5.41) is 18.2. The van der Waals surface area contributed by atoms with Gasteiger partial charge in [-0.2, -0.15) is 0 Å². The van der Waals surface area contributed by atoms with Crippen molar-refractivity contribution in [3.05, 3.63) is 0 Å². The van der Waals surface area contributed by atoms with Crippen molar-refractivity contribution in [1.82, 2.24) is 0 Å². The van der Waals surface area contributed by atoms with E-state index in [0.29, 0.717) is 6.42 Å². The van der Waals surface area contributed by atoms with Crippen molar-refractivity contribution in [2.75, 3.05) is 0 Å². The second-order valence-corrected chi connectivity index (χ2v) is 5.56. The molecule has 0 aromatic heterocycles. The Morgan fingerprint density at radius 3 is 2.25 bits per heavy atom. The van der Waals surface area contributed by atoms with E-state index in [1.54, 1.807) is 0 Å². The zero-order valence-electron chi connectivity index (χ0n) is 8.80. The fourth-order valence-corrected chi connectivity index (χ4v) is 3.85. The lowest BCUT2D eigenvalue weighted by atomic mass is 9.76. The zero-order valence-corrected chi connectivity index (χ0v) is 8.80. The molecular formula is C11H15NO4. The Kier molecular flexibility index (Phi) is 1.74. The van der Waals surface area contributed by atoms with Gasteiger partial charge in [0.25, 0.3) is 0 Å². The van der Waals surface area contributed by atoms with Crippen LogP contribution in [0.4, 0.5) is 0 Å². The molecule has 88 valence electrons. The first-order valence-electron chi connectivity index (χ1n) is 5.69. The lowest BCUT2D eigenvalue weighted by Crippen LogP contribution is -2.43. The van der Waals surface area contributed by atoms with Gasteiger partial charge in [-0.25, -0.2) is 0 Å². The molecule has 0 aliphatic heterocycles. The fourth-order valence-electron chi connectivity index (χ4n) is 3.85. The van der Waals surface area contributed by atoms with E-state index < -0.39 is 23.9 Å². The first-order chi connectivity index (χ1) is 7.48. The van der Waals surface area contributed by atoms with Crippen LogP contribution in [0.3, 0.4) is 0 Å². The van der Waals surface area contributed by atoms with Crippen molar-refractivity contribution >= 4 is 11.9 Å². The lowest BCUT2D eigenvalue weighted by Gasteiger charge is -2.30. The molecule has 0 aromatic rings. The molecule has 0 amide bonds. The summed E-state index contributed by atoms with van der Waals surface area (Å²) in [5.74, 6) is -2.56. The van der Waals surface area contributed by atoms with Crippen molar-refractivity contribution < 1.29 is 19.8 Å². The number of fused-ring (bicyclic) bond motifs is 2. The van der Waals surface area contributed by atoms with E-state index in [4.69, 9.17) is 15.9 Å². The van der Waals surface area contributed by atoms with E-state index in [2.05, 4.69) is 0 Å². The molecule has 0 radical (unpaired) electrons. The maximum atomic E-state index is 11.1. The summed E-state index contributed by atoms with van der Waals surface area (Å²) >= 11 is 0. The van der Waals surface area contributed by atoms with Crippen molar-refractivity contribution in [1.29, 1.82) is 0 Å². The standard InChI is InChI=1S/C11H15NO4/c12-8-4(9(13)14)3-11(1-2-11)7-5(8)6(7)10(15)16/h4-8H,1-3,12H2,(H,13,14)(H,15,16)/t4-,5+,6+,7+,8-/m0/s1. The minimum absolute atomic E-state index is 0.00660. The maximum absolute atomic E-state index is 11.1. The van der Waals surface area contributed by atoms with Crippen LogP contribution >= 0.6 is 0 Å². The molecule has 0 saturated heterocycles. The van der Waals surface area contributed by atoms with E-state index >= 15 is 0 Å². The van der Waals surface area contributed by atoms with E-state index in [1.165, 1.54) is 0 Å². The third-order valence-corrected chi connectivity index (χ3v) is 4.81. The average molecular weight is 225 g/mol. The topological polar surface area (TPSA) is 101 Å². The van der Waals surface area contributed by atoms with E-state index in [0.717, 1.165) is 12.8 Å². The highest BCUT2D eigenvalue weighted by Crippen LogP contribution is 2.73. The highest BCUT2D eigenvalue weighted by atomic mass is 16.4. The summed E-state index contributed by atoms with van der Waals surface area (Å²) < 4.78 is 0. The molecule has 0 unspecified atom stereocenters. The summed E-state index contributed by atoms with van der Waals surface area (Å²) in [4.78, 5) is 22.2. The number of carbonyl (C=O) groups is 2.